The van der Waals surface area contributed by atoms with Gasteiger partial charge in [-0.2, -0.15) is 0 Å². The number of likely N-dealkylation sites (tertiary alicyclic amines) is 1. The minimum atomic E-state index is -0.397. The molecule has 1 unspecified atom stereocenters. The fourth-order valence-corrected chi connectivity index (χ4v) is 2.23. The lowest BCUT2D eigenvalue weighted by atomic mass is 9.97. The van der Waals surface area contributed by atoms with Crippen molar-refractivity contribution in [2.75, 3.05) is 20.1 Å². The zero-order valence-electron chi connectivity index (χ0n) is 12.5. The van der Waals surface area contributed by atoms with Gasteiger partial charge in [0.1, 0.15) is 6.04 Å². The van der Waals surface area contributed by atoms with E-state index >= 15 is 0 Å². The predicted molar refractivity (Wildman–Crippen MR) is 75.7 cm³/mol. The molecule has 1 fully saturated rings. The minimum absolute atomic E-state index is 0.0727. The highest BCUT2D eigenvalue weighted by molar-refractivity contribution is 5.89. The number of rotatable bonds is 6. The molecule has 5 nitrogen and oxygen atoms in total. The van der Waals surface area contributed by atoms with Crippen LogP contribution in [-0.2, 0) is 9.59 Å². The van der Waals surface area contributed by atoms with Crippen molar-refractivity contribution in [2.45, 2.75) is 52.1 Å². The Hall–Kier alpha value is -1.10. The first-order valence-electron chi connectivity index (χ1n) is 7.27. The molecule has 0 bridgehead atoms. The summed E-state index contributed by atoms with van der Waals surface area (Å²) in [7, 11) is 1.74. The molecule has 0 aliphatic carbocycles. The number of carbonyl (C=O) groups excluding carboxylic acids is 2. The van der Waals surface area contributed by atoms with Gasteiger partial charge in [0.05, 0.1) is 6.04 Å². The van der Waals surface area contributed by atoms with Gasteiger partial charge in [0.2, 0.25) is 11.8 Å². The molecule has 2 amide bonds. The molecule has 0 aromatic heterocycles. The first kappa shape index (κ1) is 16.0. The van der Waals surface area contributed by atoms with E-state index in [2.05, 4.69) is 10.6 Å². The van der Waals surface area contributed by atoms with Crippen molar-refractivity contribution >= 4 is 11.8 Å². The molecule has 1 saturated heterocycles. The Bertz CT molecular complexity index is 314. The van der Waals surface area contributed by atoms with E-state index in [9.17, 15) is 9.59 Å². The van der Waals surface area contributed by atoms with Gasteiger partial charge in [0.15, 0.2) is 0 Å². The monoisotopic (exact) mass is 269 g/mol. The third-order valence-electron chi connectivity index (χ3n) is 4.02. The lowest BCUT2D eigenvalue weighted by molar-refractivity contribution is -0.137. The van der Waals surface area contributed by atoms with Crippen molar-refractivity contribution in [3.63, 3.8) is 0 Å². The summed E-state index contributed by atoms with van der Waals surface area (Å²) < 4.78 is 0. The van der Waals surface area contributed by atoms with Crippen molar-refractivity contribution in [3.8, 4) is 0 Å². The summed E-state index contributed by atoms with van der Waals surface area (Å²) in [5, 5.41) is 5.80. The number of carbonyl (C=O) groups is 2. The average Bonchev–Trinajstić information content (AvgIpc) is 2.95. The van der Waals surface area contributed by atoms with Crippen LogP contribution >= 0.6 is 0 Å². The minimum Gasteiger partial charge on any atom is -0.343 e. The fourth-order valence-electron chi connectivity index (χ4n) is 2.23. The Morgan fingerprint density at radius 2 is 1.79 bits per heavy atom. The van der Waals surface area contributed by atoms with Crippen LogP contribution in [0.1, 0.15) is 40.0 Å². The highest BCUT2D eigenvalue weighted by Crippen LogP contribution is 2.15. The topological polar surface area (TPSA) is 61.4 Å². The number of likely N-dealkylation sites (N-methyl/N-ethyl adjacent to an activating group) is 1. The molecule has 3 atom stereocenters. The lowest BCUT2D eigenvalue weighted by Crippen LogP contribution is -2.54. The second-order valence-electron chi connectivity index (χ2n) is 5.41. The van der Waals surface area contributed by atoms with Crippen molar-refractivity contribution in [2.24, 2.45) is 5.92 Å². The van der Waals surface area contributed by atoms with Crippen LogP contribution < -0.4 is 10.6 Å². The van der Waals surface area contributed by atoms with E-state index in [1.807, 2.05) is 18.7 Å². The van der Waals surface area contributed by atoms with E-state index in [4.69, 9.17) is 0 Å². The highest BCUT2D eigenvalue weighted by atomic mass is 16.2. The molecule has 110 valence electrons. The second-order valence-corrected chi connectivity index (χ2v) is 5.41. The summed E-state index contributed by atoms with van der Waals surface area (Å²) in [5.41, 5.74) is 0. The number of nitrogens with one attached hydrogen (secondary N) is 2. The molecule has 1 rings (SSSR count). The quantitative estimate of drug-likeness (QED) is 0.748. The first-order chi connectivity index (χ1) is 9.01. The number of nitrogens with zero attached hydrogens (tertiary/aromatic N) is 1. The zero-order valence-corrected chi connectivity index (χ0v) is 12.5. The van der Waals surface area contributed by atoms with Crippen LogP contribution in [0.2, 0.25) is 0 Å². The van der Waals surface area contributed by atoms with E-state index in [1.54, 1.807) is 14.0 Å². The Balaban J connectivity index is 2.71. The molecule has 1 heterocycles. The van der Waals surface area contributed by atoms with Crippen molar-refractivity contribution < 1.29 is 9.59 Å². The van der Waals surface area contributed by atoms with Gasteiger partial charge in [-0.25, -0.2) is 0 Å². The number of hydrogen-bond donors (Lipinski definition) is 2. The fraction of sp³-hybridized carbons (Fsp3) is 0.857. The number of amides is 2. The maximum absolute atomic E-state index is 12.5. The Morgan fingerprint density at radius 1 is 1.21 bits per heavy atom. The largest absolute Gasteiger partial charge is 0.343 e. The van der Waals surface area contributed by atoms with Gasteiger partial charge >= 0.3 is 0 Å². The van der Waals surface area contributed by atoms with Crippen LogP contribution in [0.4, 0.5) is 0 Å². The Morgan fingerprint density at radius 3 is 2.26 bits per heavy atom. The van der Waals surface area contributed by atoms with Crippen LogP contribution in [0.25, 0.3) is 0 Å². The summed E-state index contributed by atoms with van der Waals surface area (Å²) in [6, 6.07) is -0.677. The maximum Gasteiger partial charge on any atom is 0.245 e. The van der Waals surface area contributed by atoms with E-state index in [1.165, 1.54) is 0 Å². The average molecular weight is 269 g/mol. The van der Waals surface area contributed by atoms with Crippen molar-refractivity contribution in [3.05, 3.63) is 0 Å². The summed E-state index contributed by atoms with van der Waals surface area (Å²) in [6.07, 6.45) is 3.01. The van der Waals surface area contributed by atoms with E-state index < -0.39 is 6.04 Å². The third kappa shape index (κ3) is 4.20. The standard InChI is InChI=1S/C14H27N3O2/c1-5-10(2)12(16-13(18)11(3)15-4)14(19)17-8-6-7-9-17/h10-12,15H,5-9H2,1-4H3,(H,16,18)/t10-,11-,12?/m0/s1. The van der Waals surface area contributed by atoms with Gasteiger partial charge in [-0.15, -0.1) is 0 Å². The molecule has 0 radical (unpaired) electrons. The Labute approximate surface area is 116 Å². The molecule has 1 aliphatic rings. The summed E-state index contributed by atoms with van der Waals surface area (Å²) >= 11 is 0. The molecule has 0 saturated carbocycles. The highest BCUT2D eigenvalue weighted by Gasteiger charge is 2.31. The van der Waals surface area contributed by atoms with Crippen LogP contribution in [0.3, 0.4) is 0 Å². The van der Waals surface area contributed by atoms with Crippen LogP contribution in [0.5, 0.6) is 0 Å². The van der Waals surface area contributed by atoms with Crippen LogP contribution in [0.15, 0.2) is 0 Å². The van der Waals surface area contributed by atoms with Crippen molar-refractivity contribution in [1.29, 1.82) is 0 Å². The first-order valence-corrected chi connectivity index (χ1v) is 7.27. The van der Waals surface area contributed by atoms with E-state index in [-0.39, 0.29) is 23.8 Å². The molecule has 19 heavy (non-hydrogen) atoms. The molecular weight excluding hydrogens is 242 g/mol. The summed E-state index contributed by atoms with van der Waals surface area (Å²) in [4.78, 5) is 26.3. The lowest BCUT2D eigenvalue weighted by Gasteiger charge is -2.28. The Kier molecular flexibility index (Phi) is 6.28. The smallest absolute Gasteiger partial charge is 0.245 e. The normalized spacial score (nSPS) is 19.9. The summed E-state index contributed by atoms with van der Waals surface area (Å²) in [5.74, 6) is 0.116. The molecule has 5 heteroatoms. The summed E-state index contributed by atoms with van der Waals surface area (Å²) in [6.45, 7) is 7.50. The van der Waals surface area contributed by atoms with Crippen LogP contribution in [0, 0.1) is 5.92 Å². The number of hydrogen-bond acceptors (Lipinski definition) is 3. The molecule has 0 aromatic carbocycles. The van der Waals surface area contributed by atoms with Gasteiger partial charge in [-0.05, 0) is 32.7 Å². The third-order valence-corrected chi connectivity index (χ3v) is 4.02. The maximum atomic E-state index is 12.5. The van der Waals surface area contributed by atoms with Gasteiger partial charge < -0.3 is 15.5 Å². The molecule has 0 spiro atoms. The SMILES string of the molecule is CC[C@H](C)C(NC(=O)[C@H](C)NC)C(=O)N1CCCC1. The molecule has 1 aliphatic heterocycles. The van der Waals surface area contributed by atoms with Crippen LogP contribution in [-0.4, -0.2) is 48.9 Å². The molecule has 2 N–H and O–H groups in total. The second kappa shape index (κ2) is 7.48. The van der Waals surface area contributed by atoms with Crippen molar-refractivity contribution in [1.82, 2.24) is 15.5 Å². The van der Waals surface area contributed by atoms with Gasteiger partial charge in [0.25, 0.3) is 0 Å². The predicted octanol–water partition coefficient (Wildman–Crippen LogP) is 0.748. The van der Waals surface area contributed by atoms with E-state index in [0.29, 0.717) is 0 Å². The molecule has 0 aromatic rings. The van der Waals surface area contributed by atoms with Gasteiger partial charge in [-0.3, -0.25) is 9.59 Å². The van der Waals surface area contributed by atoms with Gasteiger partial charge in [-0.1, -0.05) is 20.3 Å². The zero-order chi connectivity index (χ0) is 14.4. The van der Waals surface area contributed by atoms with Gasteiger partial charge in [0, 0.05) is 13.1 Å². The molecular formula is C14H27N3O2. The van der Waals surface area contributed by atoms with E-state index in [0.717, 1.165) is 32.4 Å².